The van der Waals surface area contributed by atoms with Crippen LogP contribution < -0.4 is 5.56 Å². The number of para-hydroxylation sites is 1. The lowest BCUT2D eigenvalue weighted by molar-refractivity contribution is 1.02. The Morgan fingerprint density at radius 1 is 0.604 bits per heavy atom. The summed E-state index contributed by atoms with van der Waals surface area (Å²) in [6, 6.07) is 46.6. The largest absolute Gasteiger partial charge is 0.321 e. The third-order valence-electron chi connectivity index (χ3n) is 9.55. The van der Waals surface area contributed by atoms with Gasteiger partial charge in [-0.3, -0.25) is 9.36 Å². The Balaban J connectivity index is 1.48. The van der Waals surface area contributed by atoms with E-state index < -0.39 is 0 Å². The average molecular weight is 614 g/mol. The number of aromatic nitrogens is 4. The van der Waals surface area contributed by atoms with Crippen LogP contribution in [0.1, 0.15) is 5.56 Å². The van der Waals surface area contributed by atoms with Crippen LogP contribution >= 0.6 is 0 Å². The molecule has 222 valence electrons. The lowest BCUT2D eigenvalue weighted by Gasteiger charge is -2.14. The first-order valence-corrected chi connectivity index (χ1v) is 15.8. The summed E-state index contributed by atoms with van der Waals surface area (Å²) in [5.41, 5.74) is 5.45. The highest BCUT2D eigenvalue weighted by Crippen LogP contribution is 2.45. The quantitative estimate of drug-likeness (QED) is 0.197. The number of nitrogens with zero attached hydrogens (tertiary/aromatic N) is 4. The minimum absolute atomic E-state index is 0.127. The van der Waals surface area contributed by atoms with Gasteiger partial charge in [-0.05, 0) is 51.9 Å². The smallest absolute Gasteiger partial charge is 0.256 e. The molecule has 0 unspecified atom stereocenters. The van der Waals surface area contributed by atoms with Crippen molar-refractivity contribution in [1.82, 2.24) is 19.5 Å². The summed E-state index contributed by atoms with van der Waals surface area (Å²) in [4.78, 5) is 27.6. The van der Waals surface area contributed by atoms with Crippen molar-refractivity contribution in [3.63, 3.8) is 0 Å². The van der Waals surface area contributed by atoms with Gasteiger partial charge in [0.05, 0.1) is 39.4 Å². The number of aromatic amines is 1. The van der Waals surface area contributed by atoms with E-state index in [0.29, 0.717) is 16.9 Å². The summed E-state index contributed by atoms with van der Waals surface area (Å²) < 4.78 is 2.15. The molecule has 0 fully saturated rings. The first-order valence-electron chi connectivity index (χ1n) is 15.8. The molecule has 1 N–H and O–H groups in total. The Morgan fingerprint density at radius 2 is 1.29 bits per heavy atom. The van der Waals surface area contributed by atoms with Crippen LogP contribution in [0, 0.1) is 11.3 Å². The number of H-pyrrole nitrogens is 1. The van der Waals surface area contributed by atoms with E-state index in [9.17, 15) is 10.1 Å². The van der Waals surface area contributed by atoms with Crippen molar-refractivity contribution in [3.05, 3.63) is 149 Å². The number of nitriles is 1. The maximum atomic E-state index is 13.7. The molecule has 0 bridgehead atoms. The SMILES string of the molecule is N#Cc1cccc(-c2nc(-n3c4ccc5ccccc5c4c4c5[nH]c(=O)c6ccccc6c5c5ccccc5c43)nc3ccccc23)c1. The summed E-state index contributed by atoms with van der Waals surface area (Å²) in [5.74, 6) is 0.508. The number of hydrogen-bond donors (Lipinski definition) is 1. The first kappa shape index (κ1) is 26.4. The summed E-state index contributed by atoms with van der Waals surface area (Å²) in [7, 11) is 0. The molecule has 0 saturated heterocycles. The van der Waals surface area contributed by atoms with Gasteiger partial charge in [0.25, 0.3) is 5.56 Å². The van der Waals surface area contributed by atoms with Gasteiger partial charge >= 0.3 is 0 Å². The van der Waals surface area contributed by atoms with Gasteiger partial charge in [0, 0.05) is 37.9 Å². The second-order valence-electron chi connectivity index (χ2n) is 12.1. The van der Waals surface area contributed by atoms with Gasteiger partial charge in [-0.2, -0.15) is 5.26 Å². The van der Waals surface area contributed by atoms with Crippen molar-refractivity contribution in [2.45, 2.75) is 0 Å². The van der Waals surface area contributed by atoms with Crippen molar-refractivity contribution in [1.29, 1.82) is 5.26 Å². The molecule has 6 heteroatoms. The Bertz CT molecular complexity index is 3110. The lowest BCUT2D eigenvalue weighted by atomic mass is 9.95. The van der Waals surface area contributed by atoms with E-state index in [-0.39, 0.29) is 5.56 Å². The molecule has 0 atom stereocenters. The molecule has 0 aliphatic heterocycles. The molecule has 48 heavy (non-hydrogen) atoms. The van der Waals surface area contributed by atoms with Gasteiger partial charge in [0.2, 0.25) is 5.95 Å². The first-order chi connectivity index (χ1) is 23.7. The number of benzene rings is 7. The molecule has 3 heterocycles. The minimum atomic E-state index is -0.127. The predicted molar refractivity (Wildman–Crippen MR) is 195 cm³/mol. The molecule has 0 amide bonds. The maximum Gasteiger partial charge on any atom is 0.256 e. The zero-order valence-corrected chi connectivity index (χ0v) is 25.4. The monoisotopic (exact) mass is 613 g/mol. The molecule has 0 aliphatic carbocycles. The van der Waals surface area contributed by atoms with Crippen LogP contribution in [-0.2, 0) is 0 Å². The van der Waals surface area contributed by atoms with Crippen LogP contribution in [0.25, 0.3) is 93.1 Å². The number of pyridine rings is 1. The number of rotatable bonds is 2. The zero-order valence-electron chi connectivity index (χ0n) is 25.4. The molecule has 0 aliphatic rings. The maximum absolute atomic E-state index is 13.7. The van der Waals surface area contributed by atoms with Crippen LogP contribution in [-0.4, -0.2) is 19.5 Å². The molecule has 7 aromatic carbocycles. The average Bonchev–Trinajstić information content (AvgIpc) is 3.51. The normalized spacial score (nSPS) is 11.8. The van der Waals surface area contributed by atoms with Crippen LogP contribution in [0.4, 0.5) is 0 Å². The molecule has 10 aromatic rings. The third-order valence-corrected chi connectivity index (χ3v) is 9.55. The number of fused-ring (bicyclic) bond motifs is 13. The van der Waals surface area contributed by atoms with Gasteiger partial charge in [0.1, 0.15) is 0 Å². The molecule has 0 saturated carbocycles. The van der Waals surface area contributed by atoms with Crippen LogP contribution in [0.3, 0.4) is 0 Å². The van der Waals surface area contributed by atoms with Crippen molar-refractivity contribution < 1.29 is 0 Å². The molecule has 3 aromatic heterocycles. The van der Waals surface area contributed by atoms with Gasteiger partial charge in [-0.15, -0.1) is 0 Å². The highest BCUT2D eigenvalue weighted by molar-refractivity contribution is 6.37. The topological polar surface area (TPSA) is 87.4 Å². The van der Waals surface area contributed by atoms with Crippen LogP contribution in [0.15, 0.2) is 138 Å². The fourth-order valence-corrected chi connectivity index (χ4v) is 7.54. The van der Waals surface area contributed by atoms with Gasteiger partial charge in [-0.1, -0.05) is 103 Å². The highest BCUT2D eigenvalue weighted by atomic mass is 16.1. The molecular weight excluding hydrogens is 590 g/mol. The molecular formula is C42H23N5O. The van der Waals surface area contributed by atoms with Crippen LogP contribution in [0.2, 0.25) is 0 Å². The Labute approximate surface area is 272 Å². The second-order valence-corrected chi connectivity index (χ2v) is 12.1. The third kappa shape index (κ3) is 3.58. The highest BCUT2D eigenvalue weighted by Gasteiger charge is 2.24. The van der Waals surface area contributed by atoms with Crippen molar-refractivity contribution in [3.8, 4) is 23.3 Å². The summed E-state index contributed by atoms with van der Waals surface area (Å²) in [6.45, 7) is 0. The van der Waals surface area contributed by atoms with Crippen LogP contribution in [0.5, 0.6) is 0 Å². The van der Waals surface area contributed by atoms with E-state index in [2.05, 4.69) is 64.2 Å². The standard InChI is InChI=1S/C42H23N5O/c43-23-24-10-9-12-26(22-24)38-32-18-7-8-19-33(32)44-42(46-38)47-34-21-20-25-11-1-2-13-27(25)36(34)37-39-35(28-14-3-5-16-30(28)40(37)47)29-15-4-6-17-31(29)41(48)45-39/h1-22H,(H,45,48). The van der Waals surface area contributed by atoms with E-state index >= 15 is 0 Å². The van der Waals surface area contributed by atoms with Crippen molar-refractivity contribution in [2.75, 3.05) is 0 Å². The second kappa shape index (κ2) is 9.83. The Hall–Kier alpha value is -6.84. The summed E-state index contributed by atoms with van der Waals surface area (Å²) in [5, 5.41) is 19.4. The number of nitrogens with one attached hydrogen (secondary N) is 1. The number of hydrogen-bond acceptors (Lipinski definition) is 4. The molecule has 10 rings (SSSR count). The van der Waals surface area contributed by atoms with E-state index in [1.54, 1.807) is 6.07 Å². The lowest BCUT2D eigenvalue weighted by Crippen LogP contribution is -2.07. The summed E-state index contributed by atoms with van der Waals surface area (Å²) >= 11 is 0. The fourth-order valence-electron chi connectivity index (χ4n) is 7.54. The van der Waals surface area contributed by atoms with Gasteiger partial charge in [0.15, 0.2) is 0 Å². The van der Waals surface area contributed by atoms with Crippen molar-refractivity contribution in [2.24, 2.45) is 0 Å². The zero-order chi connectivity index (χ0) is 31.9. The summed E-state index contributed by atoms with van der Waals surface area (Å²) in [6.07, 6.45) is 0. The van der Waals surface area contributed by atoms with E-state index in [4.69, 9.17) is 9.97 Å². The molecule has 0 radical (unpaired) electrons. The predicted octanol–water partition coefficient (Wildman–Crippen LogP) is 9.57. The Kier molecular flexibility index (Phi) is 5.40. The fraction of sp³-hybridized carbons (Fsp3) is 0. The molecule has 6 nitrogen and oxygen atoms in total. The van der Waals surface area contributed by atoms with E-state index in [0.717, 1.165) is 81.8 Å². The van der Waals surface area contributed by atoms with Gasteiger partial charge in [-0.25, -0.2) is 9.97 Å². The van der Waals surface area contributed by atoms with E-state index in [1.807, 2.05) is 78.9 Å². The minimum Gasteiger partial charge on any atom is -0.321 e. The van der Waals surface area contributed by atoms with Gasteiger partial charge < -0.3 is 4.98 Å². The molecule has 0 spiro atoms. The van der Waals surface area contributed by atoms with Crippen molar-refractivity contribution >= 4 is 75.9 Å². The Morgan fingerprint density at radius 3 is 2.10 bits per heavy atom. The van der Waals surface area contributed by atoms with E-state index in [1.165, 1.54) is 0 Å².